The Kier molecular flexibility index (Phi) is 11.2. The number of anilines is 1. The molecule has 0 saturated carbocycles. The van der Waals surface area contributed by atoms with Gasteiger partial charge >= 0.3 is 0 Å². The molecule has 0 aliphatic carbocycles. The summed E-state index contributed by atoms with van der Waals surface area (Å²) in [4.78, 5) is 14.7. The molecule has 6 heteroatoms. The molecule has 2 aromatic rings. The molecule has 0 bridgehead atoms. The molecule has 0 aliphatic heterocycles. The monoisotopic (exact) mass is 397 g/mol. The Bertz CT molecular complexity index is 673. The predicted molar refractivity (Wildman–Crippen MR) is 114 cm³/mol. The second-order valence-electron chi connectivity index (χ2n) is 6.04. The fraction of sp³-hybridized carbons (Fsp3) is 0.350. The van der Waals surface area contributed by atoms with Crippen LogP contribution in [-0.4, -0.2) is 23.9 Å². The van der Waals surface area contributed by atoms with Crippen LogP contribution in [0.3, 0.4) is 0 Å². The first kappa shape index (κ1) is 24.4. The molecule has 3 N–H and O–H groups in total. The van der Waals surface area contributed by atoms with E-state index in [9.17, 15) is 4.79 Å². The van der Waals surface area contributed by atoms with E-state index in [-0.39, 0.29) is 30.7 Å². The van der Waals surface area contributed by atoms with Crippen molar-refractivity contribution in [3.8, 4) is 0 Å². The number of halogens is 2. The molecule has 0 aliphatic rings. The van der Waals surface area contributed by atoms with Gasteiger partial charge in [-0.15, -0.1) is 24.8 Å². The van der Waals surface area contributed by atoms with E-state index in [1.807, 2.05) is 49.4 Å². The fourth-order valence-electron chi connectivity index (χ4n) is 2.60. The quantitative estimate of drug-likeness (QED) is 0.730. The topological polar surface area (TPSA) is 58.4 Å². The summed E-state index contributed by atoms with van der Waals surface area (Å²) >= 11 is 0. The highest BCUT2D eigenvalue weighted by atomic mass is 35.5. The van der Waals surface area contributed by atoms with Gasteiger partial charge in [-0.2, -0.15) is 0 Å². The number of carbonyl (C=O) groups is 1. The standard InChI is InChI=1S/C20H27N3O.2ClH/c1-4-23(5-2)14-16-7-6-8-18(13-16)22-20(24)19(21)17-11-9-15(3)10-12-17;;/h6-13,19H,4-5,14,21H2,1-3H3,(H,22,24);2*1H. The van der Waals surface area contributed by atoms with E-state index < -0.39 is 6.04 Å². The minimum Gasteiger partial charge on any atom is -0.324 e. The lowest BCUT2D eigenvalue weighted by Crippen LogP contribution is -2.27. The van der Waals surface area contributed by atoms with Crippen LogP contribution in [0.1, 0.15) is 36.6 Å². The molecule has 144 valence electrons. The highest BCUT2D eigenvalue weighted by molar-refractivity contribution is 5.95. The Morgan fingerprint density at radius 2 is 1.69 bits per heavy atom. The second-order valence-corrected chi connectivity index (χ2v) is 6.04. The number of benzene rings is 2. The maximum atomic E-state index is 12.4. The van der Waals surface area contributed by atoms with Crippen LogP contribution in [0.25, 0.3) is 0 Å². The third-order valence-corrected chi connectivity index (χ3v) is 4.21. The van der Waals surface area contributed by atoms with Gasteiger partial charge in [0.1, 0.15) is 6.04 Å². The highest BCUT2D eigenvalue weighted by Gasteiger charge is 2.16. The number of carbonyl (C=O) groups excluding carboxylic acids is 1. The molecule has 0 saturated heterocycles. The largest absolute Gasteiger partial charge is 0.324 e. The number of nitrogens with two attached hydrogens (primary N) is 1. The molecule has 0 spiro atoms. The number of hydrogen-bond acceptors (Lipinski definition) is 3. The number of rotatable bonds is 7. The van der Waals surface area contributed by atoms with Crippen LogP contribution in [0.5, 0.6) is 0 Å². The maximum Gasteiger partial charge on any atom is 0.245 e. The molecule has 1 unspecified atom stereocenters. The Hall–Kier alpha value is -1.59. The normalized spacial score (nSPS) is 11.3. The van der Waals surface area contributed by atoms with Crippen LogP contribution < -0.4 is 11.1 Å². The Balaban J connectivity index is 0.00000312. The van der Waals surface area contributed by atoms with E-state index in [4.69, 9.17) is 5.73 Å². The van der Waals surface area contributed by atoms with E-state index in [0.29, 0.717) is 0 Å². The lowest BCUT2D eigenvalue weighted by Gasteiger charge is -2.19. The number of nitrogens with zero attached hydrogens (tertiary/aromatic N) is 1. The van der Waals surface area contributed by atoms with Crippen molar-refractivity contribution in [2.45, 2.75) is 33.4 Å². The van der Waals surface area contributed by atoms with Gasteiger partial charge in [0.2, 0.25) is 5.91 Å². The molecular weight excluding hydrogens is 369 g/mol. The van der Waals surface area contributed by atoms with Crippen LogP contribution in [0, 0.1) is 6.92 Å². The molecule has 0 heterocycles. The van der Waals surface area contributed by atoms with Crippen LogP contribution >= 0.6 is 24.8 Å². The van der Waals surface area contributed by atoms with Gasteiger partial charge in [0.15, 0.2) is 0 Å². The second kappa shape index (κ2) is 11.9. The molecule has 26 heavy (non-hydrogen) atoms. The molecule has 0 aromatic heterocycles. The first-order valence-electron chi connectivity index (χ1n) is 8.47. The minimum absolute atomic E-state index is 0. The summed E-state index contributed by atoms with van der Waals surface area (Å²) in [6.45, 7) is 9.19. The van der Waals surface area contributed by atoms with Gasteiger partial charge in [-0.05, 0) is 43.3 Å². The van der Waals surface area contributed by atoms with Crippen molar-refractivity contribution in [3.63, 3.8) is 0 Å². The van der Waals surface area contributed by atoms with Crippen LogP contribution in [0.2, 0.25) is 0 Å². The van der Waals surface area contributed by atoms with Crippen LogP contribution in [-0.2, 0) is 11.3 Å². The van der Waals surface area contributed by atoms with E-state index in [1.165, 1.54) is 5.56 Å². The van der Waals surface area contributed by atoms with E-state index in [1.54, 1.807) is 0 Å². The zero-order valence-corrected chi connectivity index (χ0v) is 17.2. The van der Waals surface area contributed by atoms with Crippen molar-refractivity contribution in [1.29, 1.82) is 0 Å². The molecule has 4 nitrogen and oxygen atoms in total. The summed E-state index contributed by atoms with van der Waals surface area (Å²) < 4.78 is 0. The first-order chi connectivity index (χ1) is 11.5. The van der Waals surface area contributed by atoms with Crippen molar-refractivity contribution < 1.29 is 4.79 Å². The summed E-state index contributed by atoms with van der Waals surface area (Å²) in [6, 6.07) is 15.0. The Morgan fingerprint density at radius 3 is 2.27 bits per heavy atom. The predicted octanol–water partition coefficient (Wildman–Crippen LogP) is 4.32. The van der Waals surface area contributed by atoms with Gasteiger partial charge < -0.3 is 11.1 Å². The summed E-state index contributed by atoms with van der Waals surface area (Å²) in [5.41, 5.74) is 10.0. The zero-order valence-electron chi connectivity index (χ0n) is 15.6. The fourth-order valence-corrected chi connectivity index (χ4v) is 2.60. The lowest BCUT2D eigenvalue weighted by atomic mass is 10.1. The van der Waals surface area contributed by atoms with Crippen molar-refractivity contribution in [3.05, 3.63) is 65.2 Å². The summed E-state index contributed by atoms with van der Waals surface area (Å²) in [7, 11) is 0. The van der Waals surface area contributed by atoms with Gasteiger partial charge in [0.05, 0.1) is 0 Å². The molecule has 1 amide bonds. The van der Waals surface area contributed by atoms with Gasteiger partial charge in [0.25, 0.3) is 0 Å². The summed E-state index contributed by atoms with van der Waals surface area (Å²) in [5.74, 6) is -0.196. The summed E-state index contributed by atoms with van der Waals surface area (Å²) in [6.07, 6.45) is 0. The number of hydrogen-bond donors (Lipinski definition) is 2. The van der Waals surface area contributed by atoms with E-state index in [0.717, 1.165) is 36.4 Å². The van der Waals surface area contributed by atoms with Crippen molar-refractivity contribution in [2.75, 3.05) is 18.4 Å². The molecule has 2 rings (SSSR count). The van der Waals surface area contributed by atoms with Crippen molar-refractivity contribution in [2.24, 2.45) is 5.73 Å². The Labute approximate surface area is 169 Å². The van der Waals surface area contributed by atoms with Gasteiger partial charge in [0, 0.05) is 12.2 Å². The number of amides is 1. The molecular formula is C20H29Cl2N3O. The molecule has 1 atom stereocenters. The van der Waals surface area contributed by atoms with E-state index >= 15 is 0 Å². The average Bonchev–Trinajstić information content (AvgIpc) is 2.60. The Morgan fingerprint density at radius 1 is 1.08 bits per heavy atom. The summed E-state index contributed by atoms with van der Waals surface area (Å²) in [5, 5.41) is 2.92. The molecule has 0 fully saturated rings. The van der Waals surface area contributed by atoms with Crippen LogP contribution in [0.15, 0.2) is 48.5 Å². The maximum absolute atomic E-state index is 12.4. The third kappa shape index (κ3) is 6.96. The minimum atomic E-state index is -0.669. The first-order valence-corrected chi connectivity index (χ1v) is 8.47. The van der Waals surface area contributed by atoms with Gasteiger partial charge in [-0.25, -0.2) is 0 Å². The smallest absolute Gasteiger partial charge is 0.245 e. The zero-order chi connectivity index (χ0) is 17.5. The SMILES string of the molecule is CCN(CC)Cc1cccc(NC(=O)C(N)c2ccc(C)cc2)c1.Cl.Cl. The van der Waals surface area contributed by atoms with Crippen LogP contribution in [0.4, 0.5) is 5.69 Å². The van der Waals surface area contributed by atoms with E-state index in [2.05, 4.69) is 30.1 Å². The van der Waals surface area contributed by atoms with Crippen molar-refractivity contribution in [1.82, 2.24) is 4.90 Å². The van der Waals surface area contributed by atoms with Gasteiger partial charge in [-0.1, -0.05) is 55.8 Å². The van der Waals surface area contributed by atoms with Crippen molar-refractivity contribution >= 4 is 36.4 Å². The third-order valence-electron chi connectivity index (χ3n) is 4.21. The van der Waals surface area contributed by atoms with Gasteiger partial charge in [-0.3, -0.25) is 9.69 Å². The number of nitrogens with one attached hydrogen (secondary N) is 1. The molecule has 2 aromatic carbocycles. The number of aryl methyl sites for hydroxylation is 1. The average molecular weight is 398 g/mol. The highest BCUT2D eigenvalue weighted by Crippen LogP contribution is 2.17. The lowest BCUT2D eigenvalue weighted by molar-refractivity contribution is -0.117. The molecule has 0 radical (unpaired) electrons.